The van der Waals surface area contributed by atoms with Crippen molar-refractivity contribution in [3.8, 4) is 0 Å². The number of hydrogen-bond donors (Lipinski definition) is 1. The van der Waals surface area contributed by atoms with Gasteiger partial charge in [0.1, 0.15) is 5.15 Å². The van der Waals surface area contributed by atoms with Crippen molar-refractivity contribution in [2.24, 2.45) is 0 Å². The van der Waals surface area contributed by atoms with Gasteiger partial charge >= 0.3 is 0 Å². The van der Waals surface area contributed by atoms with Crippen LogP contribution in [0.1, 0.15) is 5.56 Å². The number of aromatic nitrogens is 1. The van der Waals surface area contributed by atoms with E-state index in [1.165, 1.54) is 0 Å². The number of aliphatic hydroxyl groups is 1. The van der Waals surface area contributed by atoms with Gasteiger partial charge < -0.3 is 5.11 Å². The van der Waals surface area contributed by atoms with Gasteiger partial charge in [0.15, 0.2) is 0 Å². The van der Waals surface area contributed by atoms with Crippen molar-refractivity contribution >= 4 is 22.5 Å². The smallest absolute Gasteiger partial charge is 0.133 e. The van der Waals surface area contributed by atoms with Crippen LogP contribution in [0.25, 0.3) is 10.9 Å². The second-order valence-electron chi connectivity index (χ2n) is 3.22. The summed E-state index contributed by atoms with van der Waals surface area (Å²) < 4.78 is 0. The Balaban J connectivity index is 2.51. The Morgan fingerprint density at radius 1 is 1.33 bits per heavy atom. The monoisotopic (exact) mass is 219 g/mol. The summed E-state index contributed by atoms with van der Waals surface area (Å²) in [7, 11) is 0. The third-order valence-electron chi connectivity index (χ3n) is 2.19. The summed E-state index contributed by atoms with van der Waals surface area (Å²) in [5.74, 6) is 0. The van der Waals surface area contributed by atoms with E-state index in [0.29, 0.717) is 11.6 Å². The molecule has 0 aliphatic carbocycles. The fourth-order valence-electron chi connectivity index (χ4n) is 1.46. The van der Waals surface area contributed by atoms with Crippen molar-refractivity contribution in [1.29, 1.82) is 0 Å². The summed E-state index contributed by atoms with van der Waals surface area (Å²) in [6.07, 6.45) is 3.25. The summed E-state index contributed by atoms with van der Waals surface area (Å²) in [5.41, 5.74) is 1.81. The van der Waals surface area contributed by atoms with Crippen molar-refractivity contribution in [3.05, 3.63) is 53.4 Å². The van der Waals surface area contributed by atoms with Crippen LogP contribution in [0.4, 0.5) is 0 Å². The van der Waals surface area contributed by atoms with Crippen molar-refractivity contribution < 1.29 is 5.11 Å². The van der Waals surface area contributed by atoms with Crippen LogP contribution in [0.5, 0.6) is 0 Å². The van der Waals surface area contributed by atoms with E-state index in [2.05, 4.69) is 4.98 Å². The van der Waals surface area contributed by atoms with E-state index in [1.54, 1.807) is 6.08 Å². The highest BCUT2D eigenvalue weighted by molar-refractivity contribution is 6.30. The highest BCUT2D eigenvalue weighted by Gasteiger charge is 2.02. The average molecular weight is 220 g/mol. The van der Waals surface area contributed by atoms with Crippen molar-refractivity contribution in [1.82, 2.24) is 4.98 Å². The molecule has 0 bridgehead atoms. The van der Waals surface area contributed by atoms with Gasteiger partial charge in [0.25, 0.3) is 0 Å². The van der Waals surface area contributed by atoms with Gasteiger partial charge in [-0.2, -0.15) is 0 Å². The third kappa shape index (κ3) is 2.10. The summed E-state index contributed by atoms with van der Waals surface area (Å²) in [6.45, 7) is 0. The number of allylic oxidation sites excluding steroid dienone is 1. The molecule has 0 atom stereocenters. The van der Waals surface area contributed by atoms with Gasteiger partial charge in [-0.25, -0.2) is 4.98 Å². The van der Waals surface area contributed by atoms with Gasteiger partial charge in [0.05, 0.1) is 11.8 Å². The minimum Gasteiger partial charge on any atom is -0.516 e. The zero-order valence-electron chi connectivity index (χ0n) is 8.02. The predicted molar refractivity (Wildman–Crippen MR) is 62.2 cm³/mol. The molecule has 1 aromatic heterocycles. The van der Waals surface area contributed by atoms with Crippen LogP contribution in [0.15, 0.2) is 42.7 Å². The number of rotatable bonds is 2. The van der Waals surface area contributed by atoms with Crippen molar-refractivity contribution in [3.63, 3.8) is 0 Å². The van der Waals surface area contributed by atoms with Gasteiger partial charge in [-0.05, 0) is 30.2 Å². The average Bonchev–Trinajstić information content (AvgIpc) is 2.26. The lowest BCUT2D eigenvalue weighted by atomic mass is 10.1. The van der Waals surface area contributed by atoms with E-state index in [9.17, 15) is 0 Å². The maximum Gasteiger partial charge on any atom is 0.133 e. The van der Waals surface area contributed by atoms with E-state index in [1.807, 2.05) is 30.3 Å². The van der Waals surface area contributed by atoms with Crippen LogP contribution < -0.4 is 0 Å². The number of hydrogen-bond acceptors (Lipinski definition) is 2. The Labute approximate surface area is 92.8 Å². The molecular weight excluding hydrogens is 210 g/mol. The minimum atomic E-state index is 0.492. The molecule has 1 heterocycles. The molecule has 2 nitrogen and oxygen atoms in total. The topological polar surface area (TPSA) is 33.1 Å². The first-order chi connectivity index (χ1) is 7.31. The first-order valence-corrected chi connectivity index (χ1v) is 5.02. The number of nitrogens with zero attached hydrogens (tertiary/aromatic N) is 1. The molecule has 76 valence electrons. The van der Waals surface area contributed by atoms with Crippen LogP contribution >= 0.6 is 11.6 Å². The van der Waals surface area contributed by atoms with Gasteiger partial charge in [-0.15, -0.1) is 0 Å². The van der Waals surface area contributed by atoms with E-state index in [-0.39, 0.29) is 0 Å². The number of pyridine rings is 1. The van der Waals surface area contributed by atoms with E-state index in [0.717, 1.165) is 22.7 Å². The summed E-state index contributed by atoms with van der Waals surface area (Å²) in [6, 6.07) is 9.80. The normalized spacial score (nSPS) is 11.3. The largest absolute Gasteiger partial charge is 0.516 e. The molecule has 0 amide bonds. The first-order valence-electron chi connectivity index (χ1n) is 4.64. The Kier molecular flexibility index (Phi) is 2.88. The molecule has 1 N–H and O–H groups in total. The highest BCUT2D eigenvalue weighted by atomic mass is 35.5. The molecule has 0 spiro atoms. The van der Waals surface area contributed by atoms with Gasteiger partial charge in [-0.1, -0.05) is 29.8 Å². The van der Waals surface area contributed by atoms with E-state index >= 15 is 0 Å². The standard InChI is InChI=1S/C12H10ClNO/c13-12-10(5-3-7-15)8-9-4-1-2-6-11(9)14-12/h1-4,6-8,15H,5H2. The maximum absolute atomic E-state index is 8.59. The molecule has 0 saturated heterocycles. The Hall–Kier alpha value is -1.54. The quantitative estimate of drug-likeness (QED) is 0.620. The number of halogens is 1. The second-order valence-corrected chi connectivity index (χ2v) is 3.58. The zero-order valence-corrected chi connectivity index (χ0v) is 8.78. The lowest BCUT2D eigenvalue weighted by molar-refractivity contribution is 0.471. The van der Waals surface area contributed by atoms with E-state index < -0.39 is 0 Å². The van der Waals surface area contributed by atoms with Gasteiger partial charge in [-0.3, -0.25) is 0 Å². The summed E-state index contributed by atoms with van der Waals surface area (Å²) in [5, 5.41) is 10.1. The molecule has 1 aromatic carbocycles. The molecule has 15 heavy (non-hydrogen) atoms. The molecule has 0 fully saturated rings. The number of para-hydroxylation sites is 1. The number of benzene rings is 1. The predicted octanol–water partition coefficient (Wildman–Crippen LogP) is 3.50. The zero-order chi connectivity index (χ0) is 10.7. The molecule has 0 unspecified atom stereocenters. The van der Waals surface area contributed by atoms with Crippen molar-refractivity contribution in [2.45, 2.75) is 6.42 Å². The molecule has 3 heteroatoms. The maximum atomic E-state index is 8.59. The third-order valence-corrected chi connectivity index (χ3v) is 2.52. The Bertz CT molecular complexity index is 508. The number of fused-ring (bicyclic) bond motifs is 1. The van der Waals surface area contributed by atoms with E-state index in [4.69, 9.17) is 16.7 Å². The summed E-state index contributed by atoms with van der Waals surface area (Å²) >= 11 is 6.01. The molecular formula is C12H10ClNO. The molecule has 2 aromatic rings. The lowest BCUT2D eigenvalue weighted by Gasteiger charge is -2.03. The van der Waals surface area contributed by atoms with Crippen LogP contribution in [0.2, 0.25) is 5.15 Å². The fraction of sp³-hybridized carbons (Fsp3) is 0.0833. The molecule has 0 saturated carbocycles. The molecule has 0 aliphatic heterocycles. The number of aliphatic hydroxyl groups excluding tert-OH is 1. The SMILES string of the molecule is OC=CCc1cc2ccccc2nc1Cl. The first kappa shape index (κ1) is 9.99. The molecule has 0 aliphatic rings. The Morgan fingerprint density at radius 2 is 2.13 bits per heavy atom. The lowest BCUT2D eigenvalue weighted by Crippen LogP contribution is -1.88. The van der Waals surface area contributed by atoms with Crippen LogP contribution in [-0.2, 0) is 6.42 Å². The van der Waals surface area contributed by atoms with Crippen molar-refractivity contribution in [2.75, 3.05) is 0 Å². The second kappa shape index (κ2) is 4.32. The summed E-state index contributed by atoms with van der Waals surface area (Å²) in [4.78, 5) is 4.28. The Morgan fingerprint density at radius 3 is 2.93 bits per heavy atom. The molecule has 0 radical (unpaired) electrons. The van der Waals surface area contributed by atoms with Crippen LogP contribution in [-0.4, -0.2) is 10.1 Å². The van der Waals surface area contributed by atoms with Gasteiger partial charge in [0, 0.05) is 5.39 Å². The fourth-order valence-corrected chi connectivity index (χ4v) is 1.68. The van der Waals surface area contributed by atoms with Crippen LogP contribution in [0.3, 0.4) is 0 Å². The van der Waals surface area contributed by atoms with Gasteiger partial charge in [0.2, 0.25) is 0 Å². The highest BCUT2D eigenvalue weighted by Crippen LogP contribution is 2.20. The van der Waals surface area contributed by atoms with Crippen LogP contribution in [0, 0.1) is 0 Å². The minimum absolute atomic E-state index is 0.492. The molecule has 2 rings (SSSR count).